The average Bonchev–Trinajstić information content (AvgIpc) is 3.75. The molecule has 7 aromatic carbocycles. The fourth-order valence-electron chi connectivity index (χ4n) is 8.52. The third-order valence-electron chi connectivity index (χ3n) is 10.3. The molecule has 1 heterocycles. The van der Waals surface area contributed by atoms with Crippen molar-refractivity contribution in [3.05, 3.63) is 197 Å². The Morgan fingerprint density at radius 1 is 0.444 bits per heavy atom. The van der Waals surface area contributed by atoms with Crippen LogP contribution < -0.4 is 0 Å². The molecule has 0 spiro atoms. The van der Waals surface area contributed by atoms with Crippen molar-refractivity contribution in [1.82, 2.24) is 4.57 Å². The summed E-state index contributed by atoms with van der Waals surface area (Å²) in [6.07, 6.45) is 0.928. The molecule has 0 atom stereocenters. The molecule has 2 aliphatic carbocycles. The van der Waals surface area contributed by atoms with Gasteiger partial charge in [0.25, 0.3) is 0 Å². The molecular weight excluding hydrogens is 542 g/mol. The second-order valence-corrected chi connectivity index (χ2v) is 12.4. The molecule has 0 radical (unpaired) electrons. The van der Waals surface area contributed by atoms with Crippen LogP contribution in [-0.2, 0) is 11.8 Å². The second-order valence-electron chi connectivity index (χ2n) is 12.4. The van der Waals surface area contributed by atoms with E-state index in [1.807, 2.05) is 0 Å². The summed E-state index contributed by atoms with van der Waals surface area (Å²) in [6, 6.07) is 60.8. The first-order valence-electron chi connectivity index (χ1n) is 15.8. The molecular formula is C44H29N. The summed E-state index contributed by atoms with van der Waals surface area (Å²) in [6.45, 7) is 0. The molecule has 1 nitrogen and oxygen atoms in total. The maximum absolute atomic E-state index is 2.51. The third kappa shape index (κ3) is 3.22. The first-order valence-corrected chi connectivity index (χ1v) is 15.8. The lowest BCUT2D eigenvalue weighted by molar-refractivity contribution is 0.768. The SMILES string of the molecule is c1ccc(-n2c3ccccc3c3ccc4c(c32)Cc2ccc(C3(c5ccccc5)c5ccccc5-c5ccccc53)cc2-4)cc1. The van der Waals surface area contributed by atoms with Crippen LogP contribution in [0.15, 0.2) is 164 Å². The fourth-order valence-corrected chi connectivity index (χ4v) is 8.52. The van der Waals surface area contributed by atoms with Crippen molar-refractivity contribution in [2.75, 3.05) is 0 Å². The van der Waals surface area contributed by atoms with Gasteiger partial charge >= 0.3 is 0 Å². The quantitative estimate of drug-likeness (QED) is 0.199. The molecule has 0 fully saturated rings. The van der Waals surface area contributed by atoms with E-state index in [4.69, 9.17) is 0 Å². The third-order valence-corrected chi connectivity index (χ3v) is 10.3. The van der Waals surface area contributed by atoms with E-state index >= 15 is 0 Å². The van der Waals surface area contributed by atoms with Crippen LogP contribution >= 0.6 is 0 Å². The van der Waals surface area contributed by atoms with Crippen LogP contribution in [0.5, 0.6) is 0 Å². The van der Waals surface area contributed by atoms with E-state index in [0.717, 1.165) is 6.42 Å². The van der Waals surface area contributed by atoms with E-state index in [1.54, 1.807) is 0 Å². The van der Waals surface area contributed by atoms with Gasteiger partial charge in [-0.3, -0.25) is 0 Å². The molecule has 1 aromatic heterocycles. The zero-order chi connectivity index (χ0) is 29.5. The van der Waals surface area contributed by atoms with E-state index in [9.17, 15) is 0 Å². The molecule has 45 heavy (non-hydrogen) atoms. The van der Waals surface area contributed by atoms with Crippen molar-refractivity contribution in [2.24, 2.45) is 0 Å². The van der Waals surface area contributed by atoms with E-state index in [1.165, 1.54) is 83.1 Å². The predicted octanol–water partition coefficient (Wildman–Crippen LogP) is 10.7. The van der Waals surface area contributed by atoms with Gasteiger partial charge in [-0.25, -0.2) is 0 Å². The van der Waals surface area contributed by atoms with Gasteiger partial charge in [-0.05, 0) is 79.9 Å². The highest BCUT2D eigenvalue weighted by Crippen LogP contribution is 2.57. The summed E-state index contributed by atoms with van der Waals surface area (Å²) in [5, 5.41) is 2.62. The van der Waals surface area contributed by atoms with Gasteiger partial charge in [-0.2, -0.15) is 0 Å². The zero-order valence-corrected chi connectivity index (χ0v) is 24.7. The molecule has 0 N–H and O–H groups in total. The Morgan fingerprint density at radius 3 is 1.84 bits per heavy atom. The van der Waals surface area contributed by atoms with E-state index in [0.29, 0.717) is 0 Å². The first kappa shape index (κ1) is 24.7. The number of benzene rings is 7. The number of para-hydroxylation sites is 2. The number of fused-ring (bicyclic) bond motifs is 10. The summed E-state index contributed by atoms with van der Waals surface area (Å²) in [5.41, 5.74) is 16.9. The number of nitrogens with zero attached hydrogens (tertiary/aromatic N) is 1. The Bertz CT molecular complexity index is 2400. The molecule has 0 unspecified atom stereocenters. The van der Waals surface area contributed by atoms with Crippen LogP contribution in [0.3, 0.4) is 0 Å². The van der Waals surface area contributed by atoms with Crippen LogP contribution in [-0.4, -0.2) is 4.57 Å². The molecule has 1 heteroatoms. The summed E-state index contributed by atoms with van der Waals surface area (Å²) < 4.78 is 2.48. The number of hydrogen-bond acceptors (Lipinski definition) is 0. The van der Waals surface area contributed by atoms with Crippen molar-refractivity contribution in [1.29, 1.82) is 0 Å². The highest BCUT2D eigenvalue weighted by molar-refractivity contribution is 6.12. The topological polar surface area (TPSA) is 4.93 Å². The van der Waals surface area contributed by atoms with Gasteiger partial charge in [-0.1, -0.05) is 140 Å². The molecule has 2 aliphatic rings. The molecule has 0 bridgehead atoms. The highest BCUT2D eigenvalue weighted by atomic mass is 15.0. The van der Waals surface area contributed by atoms with Crippen LogP contribution in [0.4, 0.5) is 0 Å². The fraction of sp³-hybridized carbons (Fsp3) is 0.0455. The number of rotatable bonds is 3. The molecule has 0 aliphatic heterocycles. The zero-order valence-electron chi connectivity index (χ0n) is 24.7. The van der Waals surface area contributed by atoms with Gasteiger partial charge in [0.1, 0.15) is 0 Å². The Labute approximate surface area is 262 Å². The predicted molar refractivity (Wildman–Crippen MR) is 186 cm³/mol. The summed E-state index contributed by atoms with van der Waals surface area (Å²) in [4.78, 5) is 0. The Hall–Kier alpha value is -5.66. The van der Waals surface area contributed by atoms with Gasteiger partial charge in [0, 0.05) is 22.9 Å². The van der Waals surface area contributed by atoms with E-state index < -0.39 is 5.41 Å². The first-order chi connectivity index (χ1) is 22.3. The lowest BCUT2D eigenvalue weighted by Gasteiger charge is -2.34. The molecule has 0 saturated heterocycles. The Balaban J connectivity index is 1.27. The lowest BCUT2D eigenvalue weighted by Crippen LogP contribution is -2.28. The molecule has 10 rings (SSSR count). The maximum Gasteiger partial charge on any atom is 0.0713 e. The van der Waals surface area contributed by atoms with Gasteiger partial charge in [0.2, 0.25) is 0 Å². The summed E-state index contributed by atoms with van der Waals surface area (Å²) in [5.74, 6) is 0. The Kier molecular flexibility index (Phi) is 5.04. The van der Waals surface area contributed by atoms with E-state index in [-0.39, 0.29) is 0 Å². The van der Waals surface area contributed by atoms with Crippen LogP contribution in [0, 0.1) is 0 Å². The lowest BCUT2D eigenvalue weighted by atomic mass is 9.67. The van der Waals surface area contributed by atoms with Gasteiger partial charge in [-0.15, -0.1) is 0 Å². The molecule has 210 valence electrons. The highest BCUT2D eigenvalue weighted by Gasteiger charge is 2.46. The summed E-state index contributed by atoms with van der Waals surface area (Å²) >= 11 is 0. The van der Waals surface area contributed by atoms with Crippen molar-refractivity contribution < 1.29 is 0 Å². The van der Waals surface area contributed by atoms with Crippen molar-refractivity contribution in [3.8, 4) is 27.9 Å². The normalized spacial score (nSPS) is 13.9. The van der Waals surface area contributed by atoms with E-state index in [2.05, 4.69) is 168 Å². The number of aromatic nitrogens is 1. The second kappa shape index (κ2) is 9.17. The minimum Gasteiger partial charge on any atom is -0.309 e. The van der Waals surface area contributed by atoms with Gasteiger partial charge in [0.05, 0.1) is 16.4 Å². The van der Waals surface area contributed by atoms with Crippen molar-refractivity contribution in [2.45, 2.75) is 11.8 Å². The molecule has 8 aromatic rings. The largest absolute Gasteiger partial charge is 0.309 e. The Morgan fingerprint density at radius 2 is 1.09 bits per heavy atom. The minimum atomic E-state index is -0.394. The van der Waals surface area contributed by atoms with Crippen LogP contribution in [0.2, 0.25) is 0 Å². The molecule has 0 amide bonds. The minimum absolute atomic E-state index is 0.394. The van der Waals surface area contributed by atoms with Gasteiger partial charge < -0.3 is 4.57 Å². The van der Waals surface area contributed by atoms with Gasteiger partial charge in [0.15, 0.2) is 0 Å². The standard InChI is InChI=1S/C44H29N/c1-3-13-30(14-4-1)44(40-20-10-7-17-34(40)35-18-8-11-21-41(35)44)31-24-23-29-27-39-33(38(29)28-31)25-26-37-36-19-9-12-22-42(36)45(43(37)39)32-15-5-2-6-16-32/h1-26,28H,27H2. The smallest absolute Gasteiger partial charge is 0.0713 e. The van der Waals surface area contributed by atoms with Crippen LogP contribution in [0.25, 0.3) is 49.7 Å². The van der Waals surface area contributed by atoms with Crippen molar-refractivity contribution >= 4 is 21.8 Å². The average molecular weight is 572 g/mol. The van der Waals surface area contributed by atoms with Crippen LogP contribution in [0.1, 0.15) is 33.4 Å². The maximum atomic E-state index is 2.51. The van der Waals surface area contributed by atoms with Crippen molar-refractivity contribution in [3.63, 3.8) is 0 Å². The monoisotopic (exact) mass is 571 g/mol. The summed E-state index contributed by atoms with van der Waals surface area (Å²) in [7, 11) is 0. The molecule has 0 saturated carbocycles. The number of hydrogen-bond donors (Lipinski definition) is 0.